The molecular weight excluding hydrogens is 314 g/mol. The number of aromatic nitrogens is 2. The van der Waals surface area contributed by atoms with Crippen molar-refractivity contribution in [2.75, 3.05) is 19.6 Å². The van der Waals surface area contributed by atoms with Crippen molar-refractivity contribution in [1.29, 1.82) is 0 Å². The zero-order valence-electron chi connectivity index (χ0n) is 15.3. The molecule has 1 aliphatic carbocycles. The Morgan fingerprint density at radius 3 is 2.68 bits per heavy atom. The number of carbonyl (C=O) groups is 1. The zero-order valence-corrected chi connectivity index (χ0v) is 15.3. The van der Waals surface area contributed by atoms with Gasteiger partial charge in [0.2, 0.25) is 0 Å². The summed E-state index contributed by atoms with van der Waals surface area (Å²) in [5.41, 5.74) is 2.76. The Morgan fingerprint density at radius 2 is 1.92 bits per heavy atom. The maximum absolute atomic E-state index is 12.6. The monoisotopic (exact) mass is 345 g/mol. The summed E-state index contributed by atoms with van der Waals surface area (Å²) in [5.74, 6) is 0.887. The summed E-state index contributed by atoms with van der Waals surface area (Å²) in [4.78, 5) is 15.3. The lowest BCUT2D eigenvalue weighted by Crippen LogP contribution is -2.46. The normalized spacial score (nSPS) is 28.5. The molecule has 1 saturated heterocycles. The molecule has 2 aliphatic heterocycles. The van der Waals surface area contributed by atoms with E-state index in [1.807, 2.05) is 0 Å². The smallest absolute Gasteiger partial charge is 0.272 e. The molecule has 0 atom stereocenters. The van der Waals surface area contributed by atoms with Gasteiger partial charge in [0.05, 0.1) is 0 Å². The lowest BCUT2D eigenvalue weighted by Gasteiger charge is -2.40. The van der Waals surface area contributed by atoms with Crippen LogP contribution in [0.15, 0.2) is 0 Å². The second-order valence-corrected chi connectivity index (χ2v) is 8.15. The third-order valence-corrected chi connectivity index (χ3v) is 6.39. The van der Waals surface area contributed by atoms with Crippen molar-refractivity contribution in [3.8, 4) is 0 Å². The van der Waals surface area contributed by atoms with Gasteiger partial charge < -0.3 is 15.5 Å². The molecular formula is C19H31N5O. The van der Waals surface area contributed by atoms with Crippen LogP contribution in [-0.4, -0.2) is 52.7 Å². The molecule has 1 amide bonds. The highest BCUT2D eigenvalue weighted by molar-refractivity contribution is 5.94. The lowest BCUT2D eigenvalue weighted by atomic mass is 9.88. The largest absolute Gasteiger partial charge is 0.348 e. The van der Waals surface area contributed by atoms with E-state index in [1.165, 1.54) is 38.8 Å². The molecule has 0 unspecified atom stereocenters. The van der Waals surface area contributed by atoms with E-state index in [-0.39, 0.29) is 5.91 Å². The van der Waals surface area contributed by atoms with Crippen molar-refractivity contribution in [3.05, 3.63) is 17.0 Å². The highest BCUT2D eigenvalue weighted by Crippen LogP contribution is 2.27. The summed E-state index contributed by atoms with van der Waals surface area (Å²) >= 11 is 0. The van der Waals surface area contributed by atoms with E-state index in [0.29, 0.717) is 11.7 Å². The van der Waals surface area contributed by atoms with Gasteiger partial charge in [0.15, 0.2) is 5.69 Å². The number of nitrogens with zero attached hydrogens (tertiary/aromatic N) is 2. The number of nitrogens with one attached hydrogen (secondary N) is 3. The SMILES string of the molecule is CC1CCN(C2CCC(NC(=O)c3n[nH]c4c3CNCC4)CC2)CC1. The summed E-state index contributed by atoms with van der Waals surface area (Å²) in [6, 6.07) is 1.03. The Morgan fingerprint density at radius 1 is 1.16 bits per heavy atom. The van der Waals surface area contributed by atoms with Gasteiger partial charge in [-0.2, -0.15) is 5.10 Å². The first-order chi connectivity index (χ1) is 12.2. The van der Waals surface area contributed by atoms with Crippen molar-refractivity contribution >= 4 is 5.91 Å². The number of hydrogen-bond acceptors (Lipinski definition) is 4. The number of fused-ring (bicyclic) bond motifs is 1. The Hall–Kier alpha value is -1.40. The van der Waals surface area contributed by atoms with Crippen LogP contribution >= 0.6 is 0 Å². The van der Waals surface area contributed by atoms with Crippen LogP contribution < -0.4 is 10.6 Å². The van der Waals surface area contributed by atoms with Crippen LogP contribution in [0.25, 0.3) is 0 Å². The summed E-state index contributed by atoms with van der Waals surface area (Å²) in [5, 5.41) is 13.9. The number of H-pyrrole nitrogens is 1. The topological polar surface area (TPSA) is 73.0 Å². The molecule has 1 aromatic heterocycles. The minimum atomic E-state index is -0.00329. The predicted octanol–water partition coefficient (Wildman–Crippen LogP) is 1.83. The van der Waals surface area contributed by atoms with Crippen LogP contribution in [0.3, 0.4) is 0 Å². The van der Waals surface area contributed by atoms with Crippen molar-refractivity contribution in [3.63, 3.8) is 0 Å². The third-order valence-electron chi connectivity index (χ3n) is 6.39. The maximum atomic E-state index is 12.6. The fraction of sp³-hybridized carbons (Fsp3) is 0.789. The van der Waals surface area contributed by atoms with Crippen LogP contribution in [0.1, 0.15) is 67.2 Å². The fourth-order valence-electron chi connectivity index (χ4n) is 4.65. The van der Waals surface area contributed by atoms with Crippen molar-refractivity contribution in [1.82, 2.24) is 25.7 Å². The summed E-state index contributed by atoms with van der Waals surface area (Å²) < 4.78 is 0. The average Bonchev–Trinajstić information content (AvgIpc) is 3.07. The van der Waals surface area contributed by atoms with E-state index < -0.39 is 0 Å². The molecule has 3 N–H and O–H groups in total. The number of piperidine rings is 1. The van der Waals surface area contributed by atoms with E-state index in [4.69, 9.17) is 0 Å². The molecule has 3 heterocycles. The van der Waals surface area contributed by atoms with Gasteiger partial charge in [0, 0.05) is 42.9 Å². The number of carbonyl (C=O) groups excluding carboxylic acids is 1. The Bertz CT molecular complexity index is 597. The third kappa shape index (κ3) is 3.75. The first-order valence-electron chi connectivity index (χ1n) is 10.0. The van der Waals surface area contributed by atoms with Gasteiger partial charge >= 0.3 is 0 Å². The van der Waals surface area contributed by atoms with Gasteiger partial charge in [0.25, 0.3) is 5.91 Å². The van der Waals surface area contributed by atoms with Crippen molar-refractivity contribution in [2.24, 2.45) is 5.92 Å². The number of amides is 1. The molecule has 25 heavy (non-hydrogen) atoms. The fourth-order valence-corrected chi connectivity index (χ4v) is 4.65. The van der Waals surface area contributed by atoms with Crippen LogP contribution in [0.4, 0.5) is 0 Å². The maximum Gasteiger partial charge on any atom is 0.272 e. The van der Waals surface area contributed by atoms with Gasteiger partial charge in [-0.3, -0.25) is 9.89 Å². The van der Waals surface area contributed by atoms with Gasteiger partial charge in [-0.15, -0.1) is 0 Å². The molecule has 1 aromatic rings. The zero-order chi connectivity index (χ0) is 17.2. The minimum Gasteiger partial charge on any atom is -0.348 e. The molecule has 0 aromatic carbocycles. The molecule has 1 saturated carbocycles. The Kier molecular flexibility index (Phi) is 5.08. The molecule has 0 spiro atoms. The second-order valence-electron chi connectivity index (χ2n) is 8.15. The number of hydrogen-bond donors (Lipinski definition) is 3. The highest BCUT2D eigenvalue weighted by Gasteiger charge is 2.30. The van der Waals surface area contributed by atoms with Crippen LogP contribution in [0.5, 0.6) is 0 Å². The summed E-state index contributed by atoms with van der Waals surface area (Å²) in [6.07, 6.45) is 8.21. The van der Waals surface area contributed by atoms with E-state index >= 15 is 0 Å². The van der Waals surface area contributed by atoms with Gasteiger partial charge in [-0.1, -0.05) is 6.92 Å². The number of rotatable bonds is 3. The molecule has 6 nitrogen and oxygen atoms in total. The van der Waals surface area contributed by atoms with Crippen LogP contribution in [-0.2, 0) is 13.0 Å². The predicted molar refractivity (Wildman–Crippen MR) is 97.5 cm³/mol. The van der Waals surface area contributed by atoms with Gasteiger partial charge in [-0.05, 0) is 57.5 Å². The van der Waals surface area contributed by atoms with Crippen molar-refractivity contribution in [2.45, 2.75) is 70.5 Å². The van der Waals surface area contributed by atoms with Crippen LogP contribution in [0.2, 0.25) is 0 Å². The standard InChI is InChI=1S/C19H31N5O/c1-13-7-10-24(11-8-13)15-4-2-14(3-5-15)21-19(25)18-16-12-20-9-6-17(16)22-23-18/h13-15,20H,2-12H2,1H3,(H,21,25)(H,22,23). The number of likely N-dealkylation sites (tertiary alicyclic amines) is 1. The quantitative estimate of drug-likeness (QED) is 0.781. The average molecular weight is 345 g/mol. The van der Waals surface area contributed by atoms with E-state index in [0.717, 1.165) is 55.6 Å². The summed E-state index contributed by atoms with van der Waals surface area (Å²) in [6.45, 7) is 6.59. The molecule has 0 radical (unpaired) electrons. The highest BCUT2D eigenvalue weighted by atomic mass is 16.2. The molecule has 2 fully saturated rings. The molecule has 0 bridgehead atoms. The summed E-state index contributed by atoms with van der Waals surface area (Å²) in [7, 11) is 0. The molecule has 4 rings (SSSR count). The molecule has 3 aliphatic rings. The van der Waals surface area contributed by atoms with E-state index in [1.54, 1.807) is 0 Å². The van der Waals surface area contributed by atoms with E-state index in [2.05, 4.69) is 32.7 Å². The van der Waals surface area contributed by atoms with Gasteiger partial charge in [0.1, 0.15) is 0 Å². The van der Waals surface area contributed by atoms with Crippen molar-refractivity contribution < 1.29 is 4.79 Å². The first kappa shape index (κ1) is 17.0. The lowest BCUT2D eigenvalue weighted by molar-refractivity contribution is 0.0855. The Labute approximate surface area is 150 Å². The number of aromatic amines is 1. The Balaban J connectivity index is 1.28. The molecule has 138 valence electrons. The second kappa shape index (κ2) is 7.46. The molecule has 6 heteroatoms. The van der Waals surface area contributed by atoms with Gasteiger partial charge in [-0.25, -0.2) is 0 Å². The minimum absolute atomic E-state index is 0.00329. The van der Waals surface area contributed by atoms with E-state index in [9.17, 15) is 4.79 Å². The first-order valence-corrected chi connectivity index (χ1v) is 10.0. The van der Waals surface area contributed by atoms with Crippen LogP contribution in [0, 0.1) is 5.92 Å².